The number of amides is 1. The molecule has 0 spiro atoms. The zero-order valence-corrected chi connectivity index (χ0v) is 8.73. The van der Waals surface area contributed by atoms with Crippen molar-refractivity contribution < 1.29 is 19.1 Å². The lowest BCUT2D eigenvalue weighted by Crippen LogP contribution is -2.24. The summed E-state index contributed by atoms with van der Waals surface area (Å²) in [5, 5.41) is 11.3. The first kappa shape index (κ1) is 10.7. The fourth-order valence-corrected chi connectivity index (χ4v) is 1.46. The van der Waals surface area contributed by atoms with Crippen molar-refractivity contribution in [2.45, 2.75) is 19.3 Å². The summed E-state index contributed by atoms with van der Waals surface area (Å²) in [5.74, 6) is -0.933. The van der Waals surface area contributed by atoms with E-state index in [2.05, 4.69) is 5.32 Å². The minimum absolute atomic E-state index is 0.0493. The molecule has 0 unspecified atom stereocenters. The third kappa shape index (κ3) is 2.62. The van der Waals surface area contributed by atoms with Gasteiger partial charge in [0.2, 0.25) is 5.76 Å². The van der Waals surface area contributed by atoms with Crippen LogP contribution in [0, 0.1) is 5.92 Å². The van der Waals surface area contributed by atoms with Crippen LogP contribution in [0.4, 0.5) is 0 Å². The molecule has 1 aromatic heterocycles. The number of carboxylic acids is 1. The van der Waals surface area contributed by atoms with Crippen molar-refractivity contribution >= 4 is 11.9 Å². The van der Waals surface area contributed by atoms with Crippen LogP contribution >= 0.6 is 0 Å². The summed E-state index contributed by atoms with van der Waals surface area (Å²) in [5.41, 5.74) is 0. The first-order chi connectivity index (χ1) is 7.66. The highest BCUT2D eigenvalue weighted by atomic mass is 16.4. The van der Waals surface area contributed by atoms with Crippen LogP contribution in [0.5, 0.6) is 0 Å². The Morgan fingerprint density at radius 1 is 1.38 bits per heavy atom. The number of nitrogens with one attached hydrogen (secondary N) is 1. The van der Waals surface area contributed by atoms with E-state index in [-0.39, 0.29) is 17.4 Å². The summed E-state index contributed by atoms with van der Waals surface area (Å²) in [6, 6.07) is 2.65. The number of hydrogen-bond acceptors (Lipinski definition) is 3. The zero-order valence-electron chi connectivity index (χ0n) is 8.73. The van der Waals surface area contributed by atoms with Gasteiger partial charge in [0.15, 0.2) is 5.76 Å². The predicted octanol–water partition coefficient (Wildman–Crippen LogP) is 1.51. The van der Waals surface area contributed by atoms with Crippen molar-refractivity contribution in [2.24, 2.45) is 5.92 Å². The van der Waals surface area contributed by atoms with Crippen LogP contribution < -0.4 is 5.32 Å². The van der Waals surface area contributed by atoms with E-state index in [9.17, 15) is 9.59 Å². The van der Waals surface area contributed by atoms with Crippen LogP contribution in [-0.2, 0) is 0 Å². The van der Waals surface area contributed by atoms with Crippen LogP contribution in [0.25, 0.3) is 0 Å². The van der Waals surface area contributed by atoms with E-state index < -0.39 is 5.97 Å². The molecule has 1 aliphatic carbocycles. The molecule has 2 rings (SSSR count). The van der Waals surface area contributed by atoms with Gasteiger partial charge < -0.3 is 14.8 Å². The lowest BCUT2D eigenvalue weighted by atomic mass is 10.3. The third-order valence-electron chi connectivity index (χ3n) is 2.58. The number of hydrogen-bond donors (Lipinski definition) is 2. The standard InChI is InChI=1S/C11H13NO4/c13-10(12-6-5-7-1-2-7)8-3-4-9(16-8)11(14)15/h3-4,7H,1-2,5-6H2,(H,12,13)(H,14,15). The molecule has 0 aromatic carbocycles. The van der Waals surface area contributed by atoms with Gasteiger partial charge in [-0.2, -0.15) is 0 Å². The Labute approximate surface area is 92.4 Å². The molecule has 0 aliphatic heterocycles. The summed E-state index contributed by atoms with van der Waals surface area (Å²) in [7, 11) is 0. The summed E-state index contributed by atoms with van der Waals surface area (Å²) in [4.78, 5) is 22.0. The summed E-state index contributed by atoms with van der Waals surface area (Å²) >= 11 is 0. The number of carbonyl (C=O) groups excluding carboxylic acids is 1. The number of rotatable bonds is 5. The van der Waals surface area contributed by atoms with Gasteiger partial charge in [0.05, 0.1) is 0 Å². The van der Waals surface area contributed by atoms with E-state index in [0.717, 1.165) is 12.3 Å². The Hall–Kier alpha value is -1.78. The molecule has 1 aliphatic rings. The molecule has 16 heavy (non-hydrogen) atoms. The monoisotopic (exact) mass is 223 g/mol. The number of furan rings is 1. The van der Waals surface area contributed by atoms with Crippen molar-refractivity contribution in [3.8, 4) is 0 Å². The second-order valence-electron chi connectivity index (χ2n) is 3.96. The highest BCUT2D eigenvalue weighted by Gasteiger charge is 2.21. The van der Waals surface area contributed by atoms with Crippen LogP contribution in [0.3, 0.4) is 0 Å². The normalized spacial score (nSPS) is 14.8. The van der Waals surface area contributed by atoms with Gasteiger partial charge in [-0.3, -0.25) is 4.79 Å². The van der Waals surface area contributed by atoms with Crippen molar-refractivity contribution in [2.75, 3.05) is 6.54 Å². The molecule has 2 N–H and O–H groups in total. The molecule has 1 fully saturated rings. The van der Waals surface area contributed by atoms with Gasteiger partial charge in [0.25, 0.3) is 5.91 Å². The van der Waals surface area contributed by atoms with Crippen molar-refractivity contribution in [3.63, 3.8) is 0 Å². The number of aromatic carboxylic acids is 1. The molecule has 5 nitrogen and oxygen atoms in total. The second kappa shape index (κ2) is 4.38. The molecular formula is C11H13NO4. The molecule has 0 bridgehead atoms. The Morgan fingerprint density at radius 3 is 2.62 bits per heavy atom. The lowest BCUT2D eigenvalue weighted by molar-refractivity contribution is 0.0659. The molecular weight excluding hydrogens is 210 g/mol. The average Bonchev–Trinajstić information content (AvgIpc) is 2.93. The van der Waals surface area contributed by atoms with Gasteiger partial charge in [0, 0.05) is 6.54 Å². The quantitative estimate of drug-likeness (QED) is 0.792. The summed E-state index contributed by atoms with van der Waals surface area (Å²) in [6.45, 7) is 0.618. The van der Waals surface area contributed by atoms with Gasteiger partial charge in [0.1, 0.15) is 0 Å². The van der Waals surface area contributed by atoms with E-state index >= 15 is 0 Å². The fraction of sp³-hybridized carbons (Fsp3) is 0.455. The van der Waals surface area contributed by atoms with Crippen LogP contribution in [0.1, 0.15) is 40.4 Å². The van der Waals surface area contributed by atoms with Crippen molar-refractivity contribution in [1.82, 2.24) is 5.32 Å². The molecule has 1 aromatic rings. The molecule has 1 saturated carbocycles. The Balaban J connectivity index is 1.84. The maximum Gasteiger partial charge on any atom is 0.371 e. The molecule has 1 heterocycles. The van der Waals surface area contributed by atoms with Crippen molar-refractivity contribution in [1.29, 1.82) is 0 Å². The number of carboxylic acid groups (broad SMARTS) is 1. The van der Waals surface area contributed by atoms with E-state index in [1.165, 1.54) is 25.0 Å². The zero-order chi connectivity index (χ0) is 11.5. The highest BCUT2D eigenvalue weighted by Crippen LogP contribution is 2.31. The van der Waals surface area contributed by atoms with Gasteiger partial charge in [-0.25, -0.2) is 4.79 Å². The Morgan fingerprint density at radius 2 is 2.06 bits per heavy atom. The first-order valence-electron chi connectivity index (χ1n) is 5.28. The van der Waals surface area contributed by atoms with Crippen molar-refractivity contribution in [3.05, 3.63) is 23.7 Å². The van der Waals surface area contributed by atoms with Gasteiger partial charge in [-0.1, -0.05) is 12.8 Å². The predicted molar refractivity (Wildman–Crippen MR) is 55.3 cm³/mol. The van der Waals surface area contributed by atoms with Crippen LogP contribution in [-0.4, -0.2) is 23.5 Å². The molecule has 0 atom stereocenters. The van der Waals surface area contributed by atoms with Crippen LogP contribution in [0.2, 0.25) is 0 Å². The minimum atomic E-state index is -1.17. The Bertz CT molecular complexity index is 406. The van der Waals surface area contributed by atoms with Gasteiger partial charge in [-0.15, -0.1) is 0 Å². The molecule has 1 amide bonds. The molecule has 0 saturated heterocycles. The van der Waals surface area contributed by atoms with E-state index in [1.807, 2.05) is 0 Å². The van der Waals surface area contributed by atoms with Gasteiger partial charge >= 0.3 is 5.97 Å². The average molecular weight is 223 g/mol. The SMILES string of the molecule is O=C(O)c1ccc(C(=O)NCCC2CC2)o1. The smallest absolute Gasteiger partial charge is 0.371 e. The molecule has 0 radical (unpaired) electrons. The van der Waals surface area contributed by atoms with Crippen LogP contribution in [0.15, 0.2) is 16.5 Å². The van der Waals surface area contributed by atoms with E-state index in [4.69, 9.17) is 9.52 Å². The maximum absolute atomic E-state index is 11.5. The largest absolute Gasteiger partial charge is 0.475 e. The lowest BCUT2D eigenvalue weighted by Gasteiger charge is -2.01. The molecule has 5 heteroatoms. The Kier molecular flexibility index (Phi) is 2.94. The highest BCUT2D eigenvalue weighted by molar-refractivity contribution is 5.93. The second-order valence-corrected chi connectivity index (χ2v) is 3.96. The van der Waals surface area contributed by atoms with E-state index in [0.29, 0.717) is 6.54 Å². The summed E-state index contributed by atoms with van der Waals surface area (Å²) < 4.78 is 4.87. The van der Waals surface area contributed by atoms with Gasteiger partial charge in [-0.05, 0) is 24.5 Å². The summed E-state index contributed by atoms with van der Waals surface area (Å²) in [6.07, 6.45) is 3.48. The maximum atomic E-state index is 11.5. The topological polar surface area (TPSA) is 79.5 Å². The molecule has 86 valence electrons. The fourth-order valence-electron chi connectivity index (χ4n) is 1.46. The van der Waals surface area contributed by atoms with E-state index in [1.54, 1.807) is 0 Å². The minimum Gasteiger partial charge on any atom is -0.475 e. The first-order valence-corrected chi connectivity index (χ1v) is 5.28. The third-order valence-corrected chi connectivity index (χ3v) is 2.58. The number of carbonyl (C=O) groups is 2.